The highest BCUT2D eigenvalue weighted by Gasteiger charge is 2.22. The fourth-order valence-corrected chi connectivity index (χ4v) is 4.08. The minimum atomic E-state index is -3.51. The van der Waals surface area contributed by atoms with Crippen molar-refractivity contribution < 1.29 is 8.42 Å². The molecule has 1 aromatic heterocycles. The van der Waals surface area contributed by atoms with Crippen molar-refractivity contribution in [3.8, 4) is 0 Å². The molecule has 0 saturated heterocycles. The molecule has 2 N–H and O–H groups in total. The molecule has 1 aromatic rings. The van der Waals surface area contributed by atoms with E-state index in [2.05, 4.69) is 15.0 Å². The molecule has 6 heteroatoms. The van der Waals surface area contributed by atoms with Crippen molar-refractivity contribution in [1.82, 2.24) is 9.71 Å². The number of nitrogens with zero attached hydrogens (tertiary/aromatic N) is 1. The van der Waals surface area contributed by atoms with Crippen LogP contribution in [0.25, 0.3) is 0 Å². The summed E-state index contributed by atoms with van der Waals surface area (Å²) in [7, 11) is -3.51. The molecule has 124 valence electrons. The van der Waals surface area contributed by atoms with E-state index in [-0.39, 0.29) is 4.90 Å². The summed E-state index contributed by atoms with van der Waals surface area (Å²) >= 11 is 0. The maximum atomic E-state index is 12.2. The van der Waals surface area contributed by atoms with Crippen LogP contribution in [0, 0.1) is 0 Å². The Morgan fingerprint density at radius 1 is 1.09 bits per heavy atom. The van der Waals surface area contributed by atoms with Crippen molar-refractivity contribution in [3.05, 3.63) is 18.3 Å². The van der Waals surface area contributed by atoms with Crippen molar-refractivity contribution in [2.75, 3.05) is 5.32 Å². The standard InChI is InChI=1S/C16H27N3O2S/c1-16(2,3)19-22(20,21)14-10-11-15(17-12-14)18-13-8-6-4-5-7-9-13/h10-13,19H,4-9H2,1-3H3,(H,17,18). The van der Waals surface area contributed by atoms with E-state index >= 15 is 0 Å². The lowest BCUT2D eigenvalue weighted by Gasteiger charge is -2.20. The first-order valence-corrected chi connectivity index (χ1v) is 9.51. The Labute approximate surface area is 134 Å². The first-order chi connectivity index (χ1) is 10.3. The number of hydrogen-bond acceptors (Lipinski definition) is 4. The summed E-state index contributed by atoms with van der Waals surface area (Å²) in [6.45, 7) is 5.46. The predicted molar refractivity (Wildman–Crippen MR) is 89.4 cm³/mol. The molecule has 1 saturated carbocycles. The molecule has 5 nitrogen and oxygen atoms in total. The van der Waals surface area contributed by atoms with Gasteiger partial charge in [-0.25, -0.2) is 18.1 Å². The van der Waals surface area contributed by atoms with Crippen LogP contribution in [0.5, 0.6) is 0 Å². The highest BCUT2D eigenvalue weighted by atomic mass is 32.2. The van der Waals surface area contributed by atoms with Gasteiger partial charge < -0.3 is 5.32 Å². The van der Waals surface area contributed by atoms with Crippen LogP contribution >= 0.6 is 0 Å². The van der Waals surface area contributed by atoms with E-state index in [1.165, 1.54) is 31.9 Å². The van der Waals surface area contributed by atoms with Gasteiger partial charge in [-0.1, -0.05) is 25.7 Å². The quantitative estimate of drug-likeness (QED) is 0.833. The van der Waals surface area contributed by atoms with Gasteiger partial charge in [-0.2, -0.15) is 0 Å². The van der Waals surface area contributed by atoms with Gasteiger partial charge >= 0.3 is 0 Å². The summed E-state index contributed by atoms with van der Waals surface area (Å²) in [5.74, 6) is 0.751. The average Bonchev–Trinajstić information content (AvgIpc) is 2.65. The molecule has 0 spiro atoms. The number of sulfonamides is 1. The third-order valence-corrected chi connectivity index (χ3v) is 5.44. The molecule has 1 aliphatic rings. The SMILES string of the molecule is CC(C)(C)NS(=O)(=O)c1ccc(NC2CCCCCC2)nc1. The van der Waals surface area contributed by atoms with Crippen molar-refractivity contribution in [2.45, 2.75) is 75.8 Å². The molecule has 0 unspecified atom stereocenters. The van der Waals surface area contributed by atoms with Crippen molar-refractivity contribution >= 4 is 15.8 Å². The first kappa shape index (κ1) is 17.2. The Kier molecular flexibility index (Phi) is 5.45. The average molecular weight is 325 g/mol. The zero-order valence-corrected chi connectivity index (χ0v) is 14.5. The second-order valence-corrected chi connectivity index (χ2v) is 8.75. The van der Waals surface area contributed by atoms with Crippen LogP contribution in [0.2, 0.25) is 0 Å². The molecule has 1 heterocycles. The molecule has 0 atom stereocenters. The Morgan fingerprint density at radius 2 is 1.73 bits per heavy atom. The van der Waals surface area contributed by atoms with Gasteiger partial charge in [0.25, 0.3) is 0 Å². The van der Waals surface area contributed by atoms with Crippen LogP contribution in [0.1, 0.15) is 59.3 Å². The Bertz CT molecular complexity index is 568. The zero-order chi connectivity index (χ0) is 16.2. The Morgan fingerprint density at radius 3 is 2.23 bits per heavy atom. The molecule has 2 rings (SSSR count). The van der Waals surface area contributed by atoms with Crippen LogP contribution in [0.15, 0.2) is 23.2 Å². The molecular weight excluding hydrogens is 298 g/mol. The van der Waals surface area contributed by atoms with Crippen LogP contribution in [0.4, 0.5) is 5.82 Å². The number of pyridine rings is 1. The number of aromatic nitrogens is 1. The lowest BCUT2D eigenvalue weighted by atomic mass is 10.1. The number of nitrogens with one attached hydrogen (secondary N) is 2. The molecule has 0 aliphatic heterocycles. The lowest BCUT2D eigenvalue weighted by molar-refractivity contribution is 0.491. The summed E-state index contributed by atoms with van der Waals surface area (Å²) < 4.78 is 27.1. The topological polar surface area (TPSA) is 71.1 Å². The van der Waals surface area contributed by atoms with Crippen molar-refractivity contribution in [2.24, 2.45) is 0 Å². The van der Waals surface area contributed by atoms with Crippen molar-refractivity contribution in [3.63, 3.8) is 0 Å². The fourth-order valence-electron chi connectivity index (χ4n) is 2.72. The predicted octanol–water partition coefficient (Wildman–Crippen LogP) is 3.29. The van der Waals surface area contributed by atoms with Crippen LogP contribution in [-0.2, 0) is 10.0 Å². The summed E-state index contributed by atoms with van der Waals surface area (Å²) in [4.78, 5) is 4.47. The van der Waals surface area contributed by atoms with E-state index in [4.69, 9.17) is 0 Å². The van der Waals surface area contributed by atoms with E-state index in [9.17, 15) is 8.42 Å². The highest BCUT2D eigenvalue weighted by Crippen LogP contribution is 2.21. The van der Waals surface area contributed by atoms with Gasteiger partial charge in [0.2, 0.25) is 10.0 Å². The monoisotopic (exact) mass is 325 g/mol. The first-order valence-electron chi connectivity index (χ1n) is 8.03. The zero-order valence-electron chi connectivity index (χ0n) is 13.7. The molecular formula is C16H27N3O2S. The maximum Gasteiger partial charge on any atom is 0.242 e. The molecule has 1 fully saturated rings. The number of hydrogen-bond donors (Lipinski definition) is 2. The molecule has 22 heavy (non-hydrogen) atoms. The second kappa shape index (κ2) is 6.96. The minimum Gasteiger partial charge on any atom is -0.367 e. The van der Waals surface area contributed by atoms with Crippen LogP contribution < -0.4 is 10.0 Å². The van der Waals surface area contributed by atoms with Gasteiger partial charge in [0.15, 0.2) is 0 Å². The molecule has 0 radical (unpaired) electrons. The maximum absolute atomic E-state index is 12.2. The van der Waals surface area contributed by atoms with Gasteiger partial charge in [0.05, 0.1) is 0 Å². The fraction of sp³-hybridized carbons (Fsp3) is 0.688. The van der Waals surface area contributed by atoms with Gasteiger partial charge in [-0.3, -0.25) is 0 Å². The van der Waals surface area contributed by atoms with E-state index in [0.717, 1.165) is 18.7 Å². The highest BCUT2D eigenvalue weighted by molar-refractivity contribution is 7.89. The van der Waals surface area contributed by atoms with E-state index < -0.39 is 15.6 Å². The Hall–Kier alpha value is -1.14. The summed E-state index contributed by atoms with van der Waals surface area (Å²) in [6.07, 6.45) is 8.86. The number of anilines is 1. The molecule has 1 aliphatic carbocycles. The second-order valence-electron chi connectivity index (χ2n) is 7.07. The van der Waals surface area contributed by atoms with Gasteiger partial charge in [-0.15, -0.1) is 0 Å². The summed E-state index contributed by atoms with van der Waals surface area (Å²) in [5.41, 5.74) is -0.504. The summed E-state index contributed by atoms with van der Waals surface area (Å²) in [6, 6.07) is 3.81. The third-order valence-electron chi connectivity index (χ3n) is 3.69. The molecule has 0 bridgehead atoms. The third kappa shape index (κ3) is 5.25. The van der Waals surface area contributed by atoms with Gasteiger partial charge in [0, 0.05) is 17.8 Å². The summed E-state index contributed by atoms with van der Waals surface area (Å²) in [5, 5.41) is 3.42. The normalized spacial score (nSPS) is 18.0. The van der Waals surface area contributed by atoms with Gasteiger partial charge in [-0.05, 0) is 45.7 Å². The molecule has 0 aromatic carbocycles. The Balaban J connectivity index is 2.03. The van der Waals surface area contributed by atoms with Gasteiger partial charge in [0.1, 0.15) is 10.7 Å². The smallest absolute Gasteiger partial charge is 0.242 e. The van der Waals surface area contributed by atoms with Crippen LogP contribution in [0.3, 0.4) is 0 Å². The number of rotatable bonds is 4. The minimum absolute atomic E-state index is 0.203. The van der Waals surface area contributed by atoms with E-state index in [0.29, 0.717) is 6.04 Å². The largest absolute Gasteiger partial charge is 0.367 e. The van der Waals surface area contributed by atoms with E-state index in [1.807, 2.05) is 20.8 Å². The van der Waals surface area contributed by atoms with Crippen molar-refractivity contribution in [1.29, 1.82) is 0 Å². The lowest BCUT2D eigenvalue weighted by Crippen LogP contribution is -2.40. The van der Waals surface area contributed by atoms with Crippen LogP contribution in [-0.4, -0.2) is 25.0 Å². The van der Waals surface area contributed by atoms with E-state index in [1.54, 1.807) is 12.1 Å². The molecule has 0 amide bonds.